The van der Waals surface area contributed by atoms with Crippen molar-refractivity contribution in [3.63, 3.8) is 0 Å². The summed E-state index contributed by atoms with van der Waals surface area (Å²) in [5.41, 5.74) is 4.96. The summed E-state index contributed by atoms with van der Waals surface area (Å²) in [6.07, 6.45) is 0. The van der Waals surface area contributed by atoms with Crippen LogP contribution in [0.2, 0.25) is 0 Å². The van der Waals surface area contributed by atoms with E-state index < -0.39 is 23.5 Å². The maximum atomic E-state index is 11.1. The second-order valence-electron chi connectivity index (χ2n) is 3.38. The van der Waals surface area contributed by atoms with Crippen molar-refractivity contribution in [3.05, 3.63) is 16.4 Å². The number of H-pyrrole nitrogens is 1. The van der Waals surface area contributed by atoms with Gasteiger partial charge in [-0.25, -0.2) is 9.78 Å². The highest BCUT2D eigenvalue weighted by atomic mass is 32.2. The molecule has 1 atom stereocenters. The molecule has 5 N–H and O–H groups in total. The van der Waals surface area contributed by atoms with Crippen LogP contribution >= 0.6 is 11.8 Å². The van der Waals surface area contributed by atoms with Gasteiger partial charge < -0.3 is 21.1 Å². The summed E-state index contributed by atoms with van der Waals surface area (Å²) in [5.74, 6) is -1.53. The summed E-state index contributed by atoms with van der Waals surface area (Å²) >= 11 is 0.985. The van der Waals surface area contributed by atoms with Gasteiger partial charge in [0.1, 0.15) is 11.9 Å². The molecule has 1 amide bonds. The van der Waals surface area contributed by atoms with Gasteiger partial charge in [0.2, 0.25) is 5.91 Å². The van der Waals surface area contributed by atoms with E-state index in [4.69, 9.17) is 10.8 Å². The number of amides is 1. The van der Waals surface area contributed by atoms with E-state index in [2.05, 4.69) is 15.3 Å². The molecule has 0 aromatic carbocycles. The number of nitrogen functional groups attached to an aromatic ring is 1. The highest BCUT2D eigenvalue weighted by Gasteiger charge is 2.19. The van der Waals surface area contributed by atoms with Crippen LogP contribution in [0.4, 0.5) is 5.82 Å². The summed E-state index contributed by atoms with van der Waals surface area (Å²) in [6, 6.07) is 0.0614. The fourth-order valence-corrected chi connectivity index (χ4v) is 2.00. The van der Waals surface area contributed by atoms with Crippen LogP contribution in [0.15, 0.2) is 16.0 Å². The lowest BCUT2D eigenvalue weighted by molar-refractivity contribution is -0.140. The standard InChI is InChI=1S/C9H12N4O4S/c1-4(14)11-5(8(16)17)3-18-9-12-6(10)2-7(15)13-9/h2,5H,3H2,1H3,(H,11,14)(H,16,17)(H3,10,12,13,15). The minimum atomic E-state index is -1.16. The molecule has 0 radical (unpaired) electrons. The molecule has 1 rings (SSSR count). The molecule has 0 aliphatic carbocycles. The van der Waals surface area contributed by atoms with Gasteiger partial charge in [0.15, 0.2) is 5.16 Å². The zero-order valence-corrected chi connectivity index (χ0v) is 10.3. The maximum absolute atomic E-state index is 11.1. The molecular formula is C9H12N4O4S. The van der Waals surface area contributed by atoms with Gasteiger partial charge in [0, 0.05) is 18.7 Å². The Kier molecular flexibility index (Phi) is 4.72. The first-order valence-corrected chi connectivity index (χ1v) is 5.86. The number of carboxylic acids is 1. The van der Waals surface area contributed by atoms with Gasteiger partial charge in [-0.15, -0.1) is 0 Å². The number of carbonyl (C=O) groups is 2. The SMILES string of the molecule is CC(=O)NC(CSc1nc(N)cc(=O)[nH]1)C(=O)O. The van der Waals surface area contributed by atoms with E-state index in [1.54, 1.807) is 0 Å². The van der Waals surface area contributed by atoms with Gasteiger partial charge in [0.05, 0.1) is 0 Å². The van der Waals surface area contributed by atoms with Crippen molar-refractivity contribution in [2.75, 3.05) is 11.5 Å². The number of carboxylic acid groups (broad SMARTS) is 1. The number of nitrogens with zero attached hydrogens (tertiary/aromatic N) is 1. The molecule has 98 valence electrons. The number of hydrogen-bond donors (Lipinski definition) is 4. The molecule has 18 heavy (non-hydrogen) atoms. The van der Waals surface area contributed by atoms with Crippen molar-refractivity contribution in [3.8, 4) is 0 Å². The minimum absolute atomic E-state index is 0.0291. The van der Waals surface area contributed by atoms with Crippen LogP contribution in [0, 0.1) is 0 Å². The lowest BCUT2D eigenvalue weighted by Gasteiger charge is -2.12. The number of anilines is 1. The predicted octanol–water partition coefficient (Wildman–Crippen LogP) is -0.966. The Morgan fingerprint density at radius 3 is 2.83 bits per heavy atom. The number of rotatable bonds is 5. The molecule has 1 heterocycles. The summed E-state index contributed by atoms with van der Waals surface area (Å²) in [7, 11) is 0. The van der Waals surface area contributed by atoms with Gasteiger partial charge in [-0.2, -0.15) is 0 Å². The van der Waals surface area contributed by atoms with Crippen molar-refractivity contribution < 1.29 is 14.7 Å². The first kappa shape index (κ1) is 14.0. The van der Waals surface area contributed by atoms with E-state index in [0.29, 0.717) is 0 Å². The third-order valence-electron chi connectivity index (χ3n) is 1.80. The number of aromatic nitrogens is 2. The molecule has 0 fully saturated rings. The molecule has 0 aliphatic heterocycles. The van der Waals surface area contributed by atoms with Crippen molar-refractivity contribution >= 4 is 29.5 Å². The number of hydrogen-bond acceptors (Lipinski definition) is 6. The number of thioether (sulfide) groups is 1. The Hall–Kier alpha value is -2.03. The summed E-state index contributed by atoms with van der Waals surface area (Å²) in [6.45, 7) is 1.22. The van der Waals surface area contributed by atoms with Crippen molar-refractivity contribution in [1.29, 1.82) is 0 Å². The largest absolute Gasteiger partial charge is 0.480 e. The number of nitrogens with one attached hydrogen (secondary N) is 2. The Morgan fingerprint density at radius 2 is 2.33 bits per heavy atom. The Bertz CT molecular complexity index is 516. The molecule has 0 saturated heterocycles. The molecule has 1 aromatic heterocycles. The number of nitrogens with two attached hydrogens (primary N) is 1. The maximum Gasteiger partial charge on any atom is 0.327 e. The van der Waals surface area contributed by atoms with Crippen molar-refractivity contribution in [1.82, 2.24) is 15.3 Å². The van der Waals surface area contributed by atoms with Gasteiger partial charge in [-0.1, -0.05) is 11.8 Å². The third-order valence-corrected chi connectivity index (χ3v) is 2.77. The predicted molar refractivity (Wildman–Crippen MR) is 65.2 cm³/mol. The average Bonchev–Trinajstić information content (AvgIpc) is 2.21. The van der Waals surface area contributed by atoms with E-state index in [9.17, 15) is 14.4 Å². The molecule has 8 nitrogen and oxygen atoms in total. The van der Waals surface area contributed by atoms with Crippen LogP contribution in [-0.4, -0.2) is 38.7 Å². The lowest BCUT2D eigenvalue weighted by atomic mass is 10.3. The molecule has 1 aromatic rings. The lowest BCUT2D eigenvalue weighted by Crippen LogP contribution is -2.41. The van der Waals surface area contributed by atoms with E-state index in [-0.39, 0.29) is 16.7 Å². The molecule has 0 saturated carbocycles. The van der Waals surface area contributed by atoms with Crippen LogP contribution in [0.1, 0.15) is 6.92 Å². The number of aromatic amines is 1. The molecule has 0 aliphatic rings. The molecule has 1 unspecified atom stereocenters. The van der Waals surface area contributed by atoms with E-state index in [0.717, 1.165) is 17.8 Å². The van der Waals surface area contributed by atoms with Crippen LogP contribution < -0.4 is 16.6 Å². The molecular weight excluding hydrogens is 260 g/mol. The highest BCUT2D eigenvalue weighted by Crippen LogP contribution is 2.13. The minimum Gasteiger partial charge on any atom is -0.480 e. The zero-order valence-electron chi connectivity index (χ0n) is 9.47. The van der Waals surface area contributed by atoms with E-state index >= 15 is 0 Å². The number of carbonyl (C=O) groups excluding carboxylic acids is 1. The van der Waals surface area contributed by atoms with Crippen LogP contribution in [0.25, 0.3) is 0 Å². The first-order valence-electron chi connectivity index (χ1n) is 4.88. The first-order chi connectivity index (χ1) is 8.38. The molecule has 9 heteroatoms. The second kappa shape index (κ2) is 6.05. The summed E-state index contributed by atoms with van der Waals surface area (Å²) in [5, 5.41) is 11.3. The van der Waals surface area contributed by atoms with Crippen LogP contribution in [0.5, 0.6) is 0 Å². The van der Waals surface area contributed by atoms with Crippen LogP contribution in [-0.2, 0) is 9.59 Å². The summed E-state index contributed by atoms with van der Waals surface area (Å²) < 4.78 is 0. The Morgan fingerprint density at radius 1 is 1.67 bits per heavy atom. The average molecular weight is 272 g/mol. The van der Waals surface area contributed by atoms with Gasteiger partial charge in [0.25, 0.3) is 5.56 Å². The quantitative estimate of drug-likeness (QED) is 0.399. The topological polar surface area (TPSA) is 138 Å². The fourth-order valence-electron chi connectivity index (χ4n) is 1.10. The van der Waals surface area contributed by atoms with Gasteiger partial charge in [-0.3, -0.25) is 9.59 Å². The monoisotopic (exact) mass is 272 g/mol. The molecule has 0 spiro atoms. The highest BCUT2D eigenvalue weighted by molar-refractivity contribution is 7.99. The summed E-state index contributed by atoms with van der Waals surface area (Å²) in [4.78, 5) is 39.0. The third kappa shape index (κ3) is 4.45. The van der Waals surface area contributed by atoms with Crippen molar-refractivity contribution in [2.45, 2.75) is 18.1 Å². The molecule has 0 bridgehead atoms. The Labute approximate surface area is 106 Å². The van der Waals surface area contributed by atoms with E-state index in [1.165, 1.54) is 6.92 Å². The smallest absolute Gasteiger partial charge is 0.327 e. The van der Waals surface area contributed by atoms with Crippen molar-refractivity contribution in [2.24, 2.45) is 0 Å². The van der Waals surface area contributed by atoms with Gasteiger partial charge in [-0.05, 0) is 0 Å². The van der Waals surface area contributed by atoms with E-state index in [1.807, 2.05) is 0 Å². The normalized spacial score (nSPS) is 11.8. The fraction of sp³-hybridized carbons (Fsp3) is 0.333. The zero-order chi connectivity index (χ0) is 13.7. The van der Waals surface area contributed by atoms with Crippen LogP contribution in [0.3, 0.4) is 0 Å². The van der Waals surface area contributed by atoms with Gasteiger partial charge >= 0.3 is 5.97 Å². The number of aliphatic carboxylic acids is 1. The second-order valence-corrected chi connectivity index (χ2v) is 4.39. The Balaban J connectivity index is 2.69.